The van der Waals surface area contributed by atoms with Crippen molar-refractivity contribution < 1.29 is 19.4 Å². The van der Waals surface area contributed by atoms with Gasteiger partial charge in [0.2, 0.25) is 0 Å². The summed E-state index contributed by atoms with van der Waals surface area (Å²) in [4.78, 5) is 12.7. The van der Waals surface area contributed by atoms with E-state index in [-0.39, 0.29) is 17.9 Å². The Kier molecular flexibility index (Phi) is 4.86. The Morgan fingerprint density at radius 1 is 1.21 bits per heavy atom. The molecule has 154 valence electrons. The smallest absolute Gasteiger partial charge is 0.339 e. The maximum atomic E-state index is 12.7. The molecule has 28 heavy (non-hydrogen) atoms. The third kappa shape index (κ3) is 3.39. The number of hydrogen-bond acceptors (Lipinski definition) is 4. The summed E-state index contributed by atoms with van der Waals surface area (Å²) in [6, 6.07) is 5.23. The van der Waals surface area contributed by atoms with E-state index in [0.717, 1.165) is 18.8 Å². The summed E-state index contributed by atoms with van der Waals surface area (Å²) in [5.41, 5.74) is 0.0829. The van der Waals surface area contributed by atoms with Gasteiger partial charge in [-0.15, -0.1) is 0 Å². The first-order chi connectivity index (χ1) is 13.1. The summed E-state index contributed by atoms with van der Waals surface area (Å²) in [7, 11) is 1.57. The van der Waals surface area contributed by atoms with E-state index < -0.39 is 11.6 Å². The first kappa shape index (κ1) is 20.2. The first-order valence-electron chi connectivity index (χ1n) is 10.3. The Morgan fingerprint density at radius 2 is 1.96 bits per heavy atom. The van der Waals surface area contributed by atoms with E-state index >= 15 is 0 Å². The highest BCUT2D eigenvalue weighted by Crippen LogP contribution is 2.70. The Balaban J connectivity index is 1.51. The SMILES string of the molecule is COc1ccc(Br)c(C(=O)OC[C@]2(O)CC[C@@H]3[C@@H]2CC(C)(C)CC2C[C@]23C)c1. The van der Waals surface area contributed by atoms with Gasteiger partial charge in [0.1, 0.15) is 18.0 Å². The molecule has 0 heterocycles. The molecule has 3 aliphatic carbocycles. The highest BCUT2D eigenvalue weighted by atomic mass is 79.9. The van der Waals surface area contributed by atoms with Gasteiger partial charge in [0.25, 0.3) is 0 Å². The number of carbonyl (C=O) groups excluding carboxylic acids is 1. The number of ether oxygens (including phenoxy) is 2. The fourth-order valence-electron chi connectivity index (χ4n) is 6.10. The average molecular weight is 451 g/mol. The van der Waals surface area contributed by atoms with Crippen LogP contribution >= 0.6 is 15.9 Å². The minimum Gasteiger partial charge on any atom is -0.497 e. The molecule has 0 aromatic heterocycles. The molecule has 0 aliphatic heterocycles. The lowest BCUT2D eigenvalue weighted by Gasteiger charge is -2.37. The molecule has 0 radical (unpaired) electrons. The third-order valence-corrected chi connectivity index (χ3v) is 8.48. The van der Waals surface area contributed by atoms with Gasteiger partial charge in [0.15, 0.2) is 0 Å². The van der Waals surface area contributed by atoms with Crippen LogP contribution < -0.4 is 4.74 Å². The molecule has 0 bridgehead atoms. The lowest BCUT2D eigenvalue weighted by atomic mass is 9.72. The van der Waals surface area contributed by atoms with E-state index in [2.05, 4.69) is 36.7 Å². The summed E-state index contributed by atoms with van der Waals surface area (Å²) in [5, 5.41) is 11.5. The molecular formula is C23H31BrO4. The number of esters is 1. The molecule has 3 aliphatic rings. The molecule has 1 N–H and O–H groups in total. The van der Waals surface area contributed by atoms with Crippen LogP contribution in [0.25, 0.3) is 0 Å². The van der Waals surface area contributed by atoms with Crippen molar-refractivity contribution in [3.63, 3.8) is 0 Å². The fourth-order valence-corrected chi connectivity index (χ4v) is 6.51. The highest BCUT2D eigenvalue weighted by molar-refractivity contribution is 9.10. The maximum absolute atomic E-state index is 12.7. The molecule has 4 rings (SSSR count). The zero-order chi connectivity index (χ0) is 20.3. The molecule has 5 atom stereocenters. The van der Waals surface area contributed by atoms with Gasteiger partial charge in [-0.05, 0) is 94.8 Å². The molecule has 0 saturated heterocycles. The van der Waals surface area contributed by atoms with Gasteiger partial charge in [-0.1, -0.05) is 20.8 Å². The number of carbonyl (C=O) groups is 1. The molecule has 0 amide bonds. The van der Waals surface area contributed by atoms with Gasteiger partial charge >= 0.3 is 5.97 Å². The van der Waals surface area contributed by atoms with Crippen molar-refractivity contribution in [2.75, 3.05) is 13.7 Å². The summed E-state index contributed by atoms with van der Waals surface area (Å²) in [6.07, 6.45) is 5.27. The highest BCUT2D eigenvalue weighted by Gasteiger charge is 2.65. The van der Waals surface area contributed by atoms with E-state index in [1.807, 2.05) is 0 Å². The fraction of sp³-hybridized carbons (Fsp3) is 0.696. The molecule has 0 spiro atoms. The van der Waals surface area contributed by atoms with Crippen LogP contribution in [0.1, 0.15) is 63.2 Å². The largest absolute Gasteiger partial charge is 0.497 e. The molecule has 1 unspecified atom stereocenters. The zero-order valence-corrected chi connectivity index (χ0v) is 18.8. The summed E-state index contributed by atoms with van der Waals surface area (Å²) >= 11 is 3.41. The normalized spacial score (nSPS) is 38.1. The van der Waals surface area contributed by atoms with E-state index in [9.17, 15) is 9.90 Å². The predicted molar refractivity (Wildman–Crippen MR) is 111 cm³/mol. The van der Waals surface area contributed by atoms with Gasteiger partial charge in [0.05, 0.1) is 12.7 Å². The lowest BCUT2D eigenvalue weighted by molar-refractivity contribution is -0.0742. The quantitative estimate of drug-likeness (QED) is 0.638. The van der Waals surface area contributed by atoms with Crippen molar-refractivity contribution in [2.45, 2.75) is 58.5 Å². The van der Waals surface area contributed by atoms with E-state index in [1.165, 1.54) is 12.8 Å². The molecule has 4 nitrogen and oxygen atoms in total. The second-order valence-electron chi connectivity index (χ2n) is 10.3. The molecule has 1 aromatic carbocycles. The molecule has 3 fully saturated rings. The number of fused-ring (bicyclic) bond motifs is 3. The third-order valence-electron chi connectivity index (χ3n) is 7.79. The van der Waals surface area contributed by atoms with Crippen molar-refractivity contribution >= 4 is 21.9 Å². The van der Waals surface area contributed by atoms with Crippen LogP contribution in [-0.4, -0.2) is 30.4 Å². The van der Waals surface area contributed by atoms with E-state index in [1.54, 1.807) is 25.3 Å². The van der Waals surface area contributed by atoms with Crippen molar-refractivity contribution in [3.8, 4) is 5.75 Å². The maximum Gasteiger partial charge on any atom is 0.339 e. The molecule has 1 aromatic rings. The standard InChI is InChI=1S/C23H31BrO4/c1-21(2)10-14-11-22(14,3)17-7-8-23(26,18(17)12-21)13-28-20(25)16-9-15(27-4)5-6-19(16)24/h5-6,9,14,17-18,26H,7-8,10-13H2,1-4H3/t14?,17-,18+,22-,23-/m1/s1. The topological polar surface area (TPSA) is 55.8 Å². The molecule has 3 saturated carbocycles. The van der Waals surface area contributed by atoms with Crippen molar-refractivity contribution in [1.29, 1.82) is 0 Å². The Hall–Kier alpha value is -1.07. The zero-order valence-electron chi connectivity index (χ0n) is 17.3. The monoisotopic (exact) mass is 450 g/mol. The Labute approximate surface area is 176 Å². The van der Waals surface area contributed by atoms with Crippen LogP contribution in [0.5, 0.6) is 5.75 Å². The second-order valence-corrected chi connectivity index (χ2v) is 11.1. The number of benzene rings is 1. The molecular weight excluding hydrogens is 420 g/mol. The van der Waals surface area contributed by atoms with E-state index in [4.69, 9.17) is 9.47 Å². The van der Waals surface area contributed by atoms with Crippen LogP contribution in [-0.2, 0) is 4.74 Å². The minimum absolute atomic E-state index is 0.0630. The van der Waals surface area contributed by atoms with Crippen LogP contribution in [0, 0.1) is 28.6 Å². The Bertz CT molecular complexity index is 791. The lowest BCUT2D eigenvalue weighted by Crippen LogP contribution is -2.43. The van der Waals surface area contributed by atoms with Gasteiger partial charge in [-0.3, -0.25) is 0 Å². The van der Waals surface area contributed by atoms with Crippen molar-refractivity contribution in [3.05, 3.63) is 28.2 Å². The van der Waals surface area contributed by atoms with Crippen molar-refractivity contribution in [2.24, 2.45) is 28.6 Å². The van der Waals surface area contributed by atoms with Gasteiger partial charge in [-0.25, -0.2) is 4.79 Å². The Morgan fingerprint density at radius 3 is 2.68 bits per heavy atom. The summed E-state index contributed by atoms with van der Waals surface area (Å²) < 4.78 is 11.5. The summed E-state index contributed by atoms with van der Waals surface area (Å²) in [5.74, 6) is 1.70. The van der Waals surface area contributed by atoms with Gasteiger partial charge in [-0.2, -0.15) is 0 Å². The van der Waals surface area contributed by atoms with Crippen LogP contribution in [0.3, 0.4) is 0 Å². The minimum atomic E-state index is -0.927. The number of hydrogen-bond donors (Lipinski definition) is 1. The number of halogens is 1. The molecule has 5 heteroatoms. The van der Waals surface area contributed by atoms with Crippen LogP contribution in [0.15, 0.2) is 22.7 Å². The first-order valence-corrected chi connectivity index (χ1v) is 11.1. The number of aliphatic hydroxyl groups is 1. The number of rotatable bonds is 4. The van der Waals surface area contributed by atoms with Gasteiger partial charge in [0, 0.05) is 4.47 Å². The van der Waals surface area contributed by atoms with E-state index in [0.29, 0.717) is 33.5 Å². The number of methoxy groups -OCH3 is 1. The summed E-state index contributed by atoms with van der Waals surface area (Å²) in [6.45, 7) is 7.12. The van der Waals surface area contributed by atoms with Crippen LogP contribution in [0.4, 0.5) is 0 Å². The van der Waals surface area contributed by atoms with Gasteiger partial charge < -0.3 is 14.6 Å². The van der Waals surface area contributed by atoms with Crippen LogP contribution in [0.2, 0.25) is 0 Å². The predicted octanol–water partition coefficient (Wildman–Crippen LogP) is 5.22. The average Bonchev–Trinajstić information content (AvgIpc) is 3.17. The second kappa shape index (κ2) is 6.73. The van der Waals surface area contributed by atoms with Crippen molar-refractivity contribution in [1.82, 2.24) is 0 Å².